The lowest BCUT2D eigenvalue weighted by molar-refractivity contribution is -0.0504. The summed E-state index contributed by atoms with van der Waals surface area (Å²) in [5.41, 5.74) is 2.15. The highest BCUT2D eigenvalue weighted by molar-refractivity contribution is 5.53. The van der Waals surface area contributed by atoms with Crippen molar-refractivity contribution in [3.05, 3.63) is 66.0 Å². The van der Waals surface area contributed by atoms with Gasteiger partial charge in [0.2, 0.25) is 0 Å². The Morgan fingerprint density at radius 1 is 1.08 bits per heavy atom. The van der Waals surface area contributed by atoms with E-state index in [1.165, 1.54) is 6.07 Å². The van der Waals surface area contributed by atoms with Crippen molar-refractivity contribution in [1.82, 2.24) is 15.0 Å². The van der Waals surface area contributed by atoms with Crippen LogP contribution in [0.2, 0.25) is 0 Å². The number of para-hydroxylation sites is 1. The molecule has 26 heavy (non-hydrogen) atoms. The van der Waals surface area contributed by atoms with Crippen LogP contribution in [-0.4, -0.2) is 21.6 Å². The van der Waals surface area contributed by atoms with Crippen LogP contribution in [0.5, 0.6) is 5.75 Å². The van der Waals surface area contributed by atoms with E-state index >= 15 is 0 Å². The molecule has 0 spiro atoms. The van der Waals surface area contributed by atoms with Crippen molar-refractivity contribution in [2.24, 2.45) is 0 Å². The van der Waals surface area contributed by atoms with Gasteiger partial charge in [0.15, 0.2) is 5.82 Å². The van der Waals surface area contributed by atoms with E-state index in [0.717, 1.165) is 12.1 Å². The number of alkyl halides is 2. The van der Waals surface area contributed by atoms with E-state index in [9.17, 15) is 8.78 Å². The van der Waals surface area contributed by atoms with Crippen molar-refractivity contribution in [3.8, 4) is 17.3 Å². The Hall–Kier alpha value is -3.09. The number of pyridine rings is 1. The third-order valence-electron chi connectivity index (χ3n) is 3.68. The van der Waals surface area contributed by atoms with E-state index in [-0.39, 0.29) is 5.75 Å². The number of aryl methyl sites for hydroxylation is 1. The standard InChI is InChI=1S/C19H18F2N4O/c1-2-14-11-17(25-18(24-14)15-8-5-6-10-22-15)23-12-13-7-3-4-9-16(13)26-19(20)21/h3-11,19H,2,12H2,1H3,(H,23,24,25). The number of halogens is 2. The smallest absolute Gasteiger partial charge is 0.387 e. The van der Waals surface area contributed by atoms with Gasteiger partial charge in [-0.2, -0.15) is 8.78 Å². The molecule has 134 valence electrons. The van der Waals surface area contributed by atoms with Gasteiger partial charge in [-0.15, -0.1) is 0 Å². The molecule has 0 aliphatic heterocycles. The van der Waals surface area contributed by atoms with Crippen molar-refractivity contribution in [2.75, 3.05) is 5.32 Å². The zero-order valence-corrected chi connectivity index (χ0v) is 14.2. The molecule has 1 N–H and O–H groups in total. The molecule has 0 saturated heterocycles. The molecule has 0 amide bonds. The van der Waals surface area contributed by atoms with Crippen LogP contribution in [0.25, 0.3) is 11.5 Å². The predicted octanol–water partition coefficient (Wildman–Crippen LogP) is 4.31. The van der Waals surface area contributed by atoms with Crippen molar-refractivity contribution in [1.29, 1.82) is 0 Å². The molecule has 3 rings (SSSR count). The number of nitrogens with zero attached hydrogens (tertiary/aromatic N) is 3. The molecule has 2 heterocycles. The summed E-state index contributed by atoms with van der Waals surface area (Å²) < 4.78 is 29.6. The van der Waals surface area contributed by atoms with Gasteiger partial charge < -0.3 is 10.1 Å². The fourth-order valence-corrected chi connectivity index (χ4v) is 2.43. The molecule has 1 aromatic carbocycles. The zero-order chi connectivity index (χ0) is 18.4. The Morgan fingerprint density at radius 2 is 1.88 bits per heavy atom. The molecular formula is C19H18F2N4O. The summed E-state index contributed by atoms with van der Waals surface area (Å²) in [6.45, 7) is -0.567. The topological polar surface area (TPSA) is 59.9 Å². The van der Waals surface area contributed by atoms with E-state index in [4.69, 9.17) is 0 Å². The number of nitrogens with one attached hydrogen (secondary N) is 1. The van der Waals surface area contributed by atoms with E-state index in [1.54, 1.807) is 24.4 Å². The number of benzene rings is 1. The number of aromatic nitrogens is 3. The minimum Gasteiger partial charge on any atom is -0.434 e. The summed E-state index contributed by atoms with van der Waals surface area (Å²) in [4.78, 5) is 13.3. The van der Waals surface area contributed by atoms with Gasteiger partial charge in [-0.3, -0.25) is 4.98 Å². The molecule has 0 aliphatic carbocycles. The van der Waals surface area contributed by atoms with E-state index in [2.05, 4.69) is 25.0 Å². The summed E-state index contributed by atoms with van der Waals surface area (Å²) in [7, 11) is 0. The van der Waals surface area contributed by atoms with Crippen LogP contribution in [0.4, 0.5) is 14.6 Å². The summed E-state index contributed by atoms with van der Waals surface area (Å²) in [5, 5.41) is 3.16. The number of ether oxygens (including phenoxy) is 1. The van der Waals surface area contributed by atoms with Crippen molar-refractivity contribution in [2.45, 2.75) is 26.5 Å². The molecule has 5 nitrogen and oxygen atoms in total. The van der Waals surface area contributed by atoms with Gasteiger partial charge in [-0.05, 0) is 24.6 Å². The highest BCUT2D eigenvalue weighted by Gasteiger charge is 2.11. The SMILES string of the molecule is CCc1cc(NCc2ccccc2OC(F)F)nc(-c2ccccn2)n1. The maximum atomic E-state index is 12.5. The first kappa shape index (κ1) is 17.7. The molecule has 0 fully saturated rings. The second-order valence-corrected chi connectivity index (χ2v) is 5.48. The lowest BCUT2D eigenvalue weighted by atomic mass is 10.2. The Labute approximate surface area is 150 Å². The average Bonchev–Trinajstić information content (AvgIpc) is 2.67. The highest BCUT2D eigenvalue weighted by Crippen LogP contribution is 2.22. The number of hydrogen-bond acceptors (Lipinski definition) is 5. The quantitative estimate of drug-likeness (QED) is 0.683. The Bertz CT molecular complexity index is 859. The van der Waals surface area contributed by atoms with Crippen LogP contribution in [0, 0.1) is 0 Å². The zero-order valence-electron chi connectivity index (χ0n) is 14.2. The van der Waals surface area contributed by atoms with Gasteiger partial charge in [0.05, 0.1) is 0 Å². The highest BCUT2D eigenvalue weighted by atomic mass is 19.3. The molecule has 0 aliphatic rings. The largest absolute Gasteiger partial charge is 0.434 e. The van der Waals surface area contributed by atoms with Crippen LogP contribution in [0.15, 0.2) is 54.7 Å². The summed E-state index contributed by atoms with van der Waals surface area (Å²) >= 11 is 0. The van der Waals surface area contributed by atoms with E-state index < -0.39 is 6.61 Å². The first-order valence-electron chi connectivity index (χ1n) is 8.21. The lowest BCUT2D eigenvalue weighted by Gasteiger charge is -2.12. The Balaban J connectivity index is 1.82. The van der Waals surface area contributed by atoms with Crippen LogP contribution < -0.4 is 10.1 Å². The average molecular weight is 356 g/mol. The molecule has 0 atom stereocenters. The van der Waals surface area contributed by atoms with Gasteiger partial charge in [-0.25, -0.2) is 9.97 Å². The van der Waals surface area contributed by atoms with Crippen molar-refractivity contribution < 1.29 is 13.5 Å². The van der Waals surface area contributed by atoms with E-state index in [0.29, 0.717) is 29.4 Å². The molecule has 0 saturated carbocycles. The minimum absolute atomic E-state index is 0.143. The summed E-state index contributed by atoms with van der Waals surface area (Å²) in [5.74, 6) is 1.26. The Kier molecular flexibility index (Phi) is 5.68. The van der Waals surface area contributed by atoms with Gasteiger partial charge >= 0.3 is 6.61 Å². The normalized spacial score (nSPS) is 10.8. The second-order valence-electron chi connectivity index (χ2n) is 5.48. The van der Waals surface area contributed by atoms with Crippen molar-refractivity contribution >= 4 is 5.82 Å². The van der Waals surface area contributed by atoms with E-state index in [1.807, 2.05) is 31.2 Å². The van der Waals surface area contributed by atoms with Gasteiger partial charge in [0, 0.05) is 30.1 Å². The lowest BCUT2D eigenvalue weighted by Crippen LogP contribution is -2.08. The van der Waals surface area contributed by atoms with Crippen LogP contribution >= 0.6 is 0 Å². The van der Waals surface area contributed by atoms with Crippen molar-refractivity contribution in [3.63, 3.8) is 0 Å². The van der Waals surface area contributed by atoms with Gasteiger partial charge in [0.1, 0.15) is 17.3 Å². The molecule has 3 aromatic rings. The van der Waals surface area contributed by atoms with Crippen LogP contribution in [0.3, 0.4) is 0 Å². The monoisotopic (exact) mass is 356 g/mol. The fourth-order valence-electron chi connectivity index (χ4n) is 2.43. The fraction of sp³-hybridized carbons (Fsp3) is 0.211. The number of rotatable bonds is 7. The third kappa shape index (κ3) is 4.50. The molecule has 2 aromatic heterocycles. The van der Waals surface area contributed by atoms with Crippen LogP contribution in [-0.2, 0) is 13.0 Å². The summed E-state index contributed by atoms with van der Waals surface area (Å²) in [6, 6.07) is 14.0. The first-order chi connectivity index (χ1) is 12.7. The van der Waals surface area contributed by atoms with Crippen LogP contribution in [0.1, 0.15) is 18.2 Å². The first-order valence-corrected chi connectivity index (χ1v) is 8.21. The number of anilines is 1. The molecule has 0 unspecified atom stereocenters. The van der Waals surface area contributed by atoms with Gasteiger partial charge in [0.25, 0.3) is 0 Å². The molecule has 7 heteroatoms. The minimum atomic E-state index is -2.86. The second kappa shape index (κ2) is 8.33. The molecule has 0 bridgehead atoms. The maximum absolute atomic E-state index is 12.5. The molecule has 0 radical (unpaired) electrons. The molecular weight excluding hydrogens is 338 g/mol. The Morgan fingerprint density at radius 3 is 2.62 bits per heavy atom. The predicted molar refractivity (Wildman–Crippen MR) is 95.0 cm³/mol. The maximum Gasteiger partial charge on any atom is 0.387 e. The number of hydrogen-bond donors (Lipinski definition) is 1. The third-order valence-corrected chi connectivity index (χ3v) is 3.68. The summed E-state index contributed by atoms with van der Waals surface area (Å²) in [6.07, 6.45) is 2.42. The van der Waals surface area contributed by atoms with Gasteiger partial charge in [-0.1, -0.05) is 31.2 Å².